The zero-order chi connectivity index (χ0) is 21.9. The Balaban J connectivity index is 0.00000363. The van der Waals surface area contributed by atoms with Gasteiger partial charge in [-0.15, -0.1) is 34.2 Å². The summed E-state index contributed by atoms with van der Waals surface area (Å²) in [6.45, 7) is 6.80. The van der Waals surface area contributed by atoms with Gasteiger partial charge in [-0.3, -0.25) is 0 Å². The van der Waals surface area contributed by atoms with Crippen LogP contribution in [0.25, 0.3) is 0 Å². The van der Waals surface area contributed by atoms with Gasteiger partial charge >= 0.3 is 0 Å². The minimum atomic E-state index is 0. The van der Waals surface area contributed by atoms with Crippen LogP contribution >= 0.6 is 24.0 Å². The lowest BCUT2D eigenvalue weighted by atomic mass is 10.3. The summed E-state index contributed by atoms with van der Waals surface area (Å²) in [5.74, 6) is 3.38. The van der Waals surface area contributed by atoms with Gasteiger partial charge in [0.05, 0.1) is 0 Å². The maximum absolute atomic E-state index is 5.73. The number of benzene rings is 1. The quantitative estimate of drug-likeness (QED) is 0.171. The number of anilines is 1. The van der Waals surface area contributed by atoms with Crippen molar-refractivity contribution in [1.82, 2.24) is 25.4 Å². The van der Waals surface area contributed by atoms with E-state index < -0.39 is 0 Å². The average Bonchev–Trinajstić information content (AvgIpc) is 3.56. The van der Waals surface area contributed by atoms with Crippen LogP contribution in [0.4, 0.5) is 5.69 Å². The van der Waals surface area contributed by atoms with Gasteiger partial charge in [0.25, 0.3) is 0 Å². The van der Waals surface area contributed by atoms with E-state index in [0.717, 1.165) is 69.2 Å². The molecule has 1 aromatic carbocycles. The molecular formula is C23H38IN7O. The first-order valence-electron chi connectivity index (χ1n) is 11.3. The van der Waals surface area contributed by atoms with Gasteiger partial charge in [0.15, 0.2) is 11.8 Å². The lowest BCUT2D eigenvalue weighted by molar-refractivity contribution is 0.123. The summed E-state index contributed by atoms with van der Waals surface area (Å²) in [5, 5.41) is 15.2. The van der Waals surface area contributed by atoms with Crippen molar-refractivity contribution < 1.29 is 4.74 Å². The van der Waals surface area contributed by atoms with Gasteiger partial charge in [0.1, 0.15) is 12.4 Å². The van der Waals surface area contributed by atoms with Crippen molar-refractivity contribution in [2.75, 3.05) is 44.8 Å². The Bertz CT molecular complexity index is 808. The number of hydrogen-bond acceptors (Lipinski definition) is 5. The Hall–Kier alpha value is -1.88. The molecule has 1 aromatic heterocycles. The third-order valence-electron chi connectivity index (χ3n) is 5.53. The Morgan fingerprint density at radius 1 is 1.16 bits per heavy atom. The van der Waals surface area contributed by atoms with Crippen molar-refractivity contribution in [2.24, 2.45) is 18.0 Å². The van der Waals surface area contributed by atoms with Gasteiger partial charge in [-0.05, 0) is 50.7 Å². The highest BCUT2D eigenvalue weighted by atomic mass is 127. The fourth-order valence-electron chi connectivity index (χ4n) is 3.16. The fraction of sp³-hybridized carbons (Fsp3) is 0.609. The number of para-hydroxylation sites is 1. The molecule has 3 rings (SSSR count). The molecule has 0 atom stereocenters. The number of aliphatic imine (C=N–C) groups is 1. The van der Waals surface area contributed by atoms with Gasteiger partial charge in [-0.1, -0.05) is 18.2 Å². The van der Waals surface area contributed by atoms with Gasteiger partial charge in [0, 0.05) is 52.6 Å². The van der Waals surface area contributed by atoms with E-state index in [4.69, 9.17) is 9.73 Å². The largest absolute Gasteiger partial charge is 0.381 e. The Morgan fingerprint density at radius 2 is 1.88 bits per heavy atom. The topological polar surface area (TPSA) is 79.6 Å². The van der Waals surface area contributed by atoms with E-state index in [-0.39, 0.29) is 24.0 Å². The molecule has 0 radical (unpaired) electrons. The minimum Gasteiger partial charge on any atom is -0.381 e. The molecule has 1 heterocycles. The zero-order valence-corrected chi connectivity index (χ0v) is 21.9. The predicted octanol–water partition coefficient (Wildman–Crippen LogP) is 3.12. The smallest absolute Gasteiger partial charge is 0.191 e. The number of aryl methyl sites for hydroxylation is 1. The molecule has 9 heteroatoms. The van der Waals surface area contributed by atoms with Gasteiger partial charge in [0.2, 0.25) is 0 Å². The highest BCUT2D eigenvalue weighted by Gasteiger charge is 2.20. The zero-order valence-electron chi connectivity index (χ0n) is 19.6. The normalized spacial score (nSPS) is 13.5. The second kappa shape index (κ2) is 14.3. The molecule has 0 aliphatic heterocycles. The van der Waals surface area contributed by atoms with Crippen molar-refractivity contribution in [3.05, 3.63) is 42.0 Å². The molecule has 2 aromatic rings. The standard InChI is InChI=1S/C23H37N7O.HI/c1-19-27-28-22(30(19)3)17-26-23(25-14-8-16-31-18-20-11-12-20)24-13-7-15-29(2)21-9-5-4-6-10-21;/h4-6,9-10,20H,7-8,11-18H2,1-3H3,(H2,24,25,26);1H. The number of guanidine groups is 1. The monoisotopic (exact) mass is 555 g/mol. The number of ether oxygens (including phenoxy) is 1. The van der Waals surface area contributed by atoms with Crippen LogP contribution in [0, 0.1) is 12.8 Å². The van der Waals surface area contributed by atoms with Gasteiger partial charge in [-0.25, -0.2) is 4.99 Å². The van der Waals surface area contributed by atoms with Crippen LogP contribution in [0.2, 0.25) is 0 Å². The maximum Gasteiger partial charge on any atom is 0.191 e. The average molecular weight is 556 g/mol. The maximum atomic E-state index is 5.73. The molecule has 0 unspecified atom stereocenters. The van der Waals surface area contributed by atoms with Crippen LogP contribution in [0.15, 0.2) is 35.3 Å². The van der Waals surface area contributed by atoms with Crippen LogP contribution in [-0.4, -0.2) is 60.6 Å². The summed E-state index contributed by atoms with van der Waals surface area (Å²) >= 11 is 0. The van der Waals surface area contributed by atoms with Crippen LogP contribution < -0.4 is 15.5 Å². The summed E-state index contributed by atoms with van der Waals surface area (Å²) in [5.41, 5.74) is 1.23. The second-order valence-electron chi connectivity index (χ2n) is 8.22. The number of hydrogen-bond donors (Lipinski definition) is 2. The lowest BCUT2D eigenvalue weighted by Gasteiger charge is -2.19. The molecule has 0 spiro atoms. The summed E-state index contributed by atoms with van der Waals surface area (Å²) < 4.78 is 7.70. The van der Waals surface area contributed by atoms with Gasteiger partial charge < -0.3 is 24.8 Å². The molecule has 32 heavy (non-hydrogen) atoms. The molecule has 178 valence electrons. The lowest BCUT2D eigenvalue weighted by Crippen LogP contribution is -2.39. The van der Waals surface area contributed by atoms with Crippen LogP contribution in [-0.2, 0) is 18.3 Å². The van der Waals surface area contributed by atoms with Gasteiger partial charge in [-0.2, -0.15) is 0 Å². The van der Waals surface area contributed by atoms with E-state index in [2.05, 4.69) is 57.0 Å². The first-order chi connectivity index (χ1) is 15.1. The SMILES string of the molecule is Cc1nnc(CN=C(NCCCOCC2CC2)NCCCN(C)c2ccccc2)n1C.I. The second-order valence-corrected chi connectivity index (χ2v) is 8.22. The molecule has 2 N–H and O–H groups in total. The van der Waals surface area contributed by atoms with Crippen molar-refractivity contribution in [3.63, 3.8) is 0 Å². The van der Waals surface area contributed by atoms with E-state index >= 15 is 0 Å². The number of halogens is 1. The highest BCUT2D eigenvalue weighted by molar-refractivity contribution is 14.0. The summed E-state index contributed by atoms with van der Waals surface area (Å²) in [7, 11) is 4.10. The van der Waals surface area contributed by atoms with E-state index in [1.54, 1.807) is 0 Å². The molecule has 0 bridgehead atoms. The van der Waals surface area contributed by atoms with Crippen LogP contribution in [0.5, 0.6) is 0 Å². The van der Waals surface area contributed by atoms with Crippen molar-refractivity contribution in [1.29, 1.82) is 0 Å². The van der Waals surface area contributed by atoms with Crippen molar-refractivity contribution in [2.45, 2.75) is 39.2 Å². The predicted molar refractivity (Wildman–Crippen MR) is 141 cm³/mol. The molecule has 1 saturated carbocycles. The summed E-state index contributed by atoms with van der Waals surface area (Å²) in [6, 6.07) is 10.5. The number of nitrogens with one attached hydrogen (secondary N) is 2. The van der Waals surface area contributed by atoms with Crippen molar-refractivity contribution in [3.8, 4) is 0 Å². The molecular weight excluding hydrogens is 517 g/mol. The summed E-state index contributed by atoms with van der Waals surface area (Å²) in [6.07, 6.45) is 4.65. The Morgan fingerprint density at radius 3 is 2.53 bits per heavy atom. The Labute approximate surface area is 209 Å². The number of nitrogens with zero attached hydrogens (tertiary/aromatic N) is 5. The van der Waals surface area contributed by atoms with E-state index in [0.29, 0.717) is 6.54 Å². The third kappa shape index (κ3) is 9.32. The first-order valence-corrected chi connectivity index (χ1v) is 11.3. The van der Waals surface area contributed by atoms with Crippen LogP contribution in [0.3, 0.4) is 0 Å². The molecule has 8 nitrogen and oxygen atoms in total. The number of aromatic nitrogens is 3. The Kier molecular flexibility index (Phi) is 11.8. The molecule has 1 fully saturated rings. The highest BCUT2D eigenvalue weighted by Crippen LogP contribution is 2.28. The van der Waals surface area contributed by atoms with Crippen molar-refractivity contribution >= 4 is 35.6 Å². The molecule has 1 aliphatic rings. The van der Waals surface area contributed by atoms with E-state index in [1.165, 1.54) is 18.5 Å². The minimum absolute atomic E-state index is 0. The number of rotatable bonds is 13. The summed E-state index contributed by atoms with van der Waals surface area (Å²) in [4.78, 5) is 6.98. The molecule has 0 amide bonds. The van der Waals surface area contributed by atoms with E-state index in [9.17, 15) is 0 Å². The third-order valence-corrected chi connectivity index (χ3v) is 5.53. The molecule has 1 aliphatic carbocycles. The molecule has 0 saturated heterocycles. The first kappa shape index (κ1) is 26.4. The van der Waals surface area contributed by atoms with E-state index in [1.807, 2.05) is 24.6 Å². The fourth-order valence-corrected chi connectivity index (χ4v) is 3.16. The van der Waals surface area contributed by atoms with Crippen LogP contribution in [0.1, 0.15) is 37.3 Å².